The fraction of sp³-hybridized carbons (Fsp3) is 0.333. The fourth-order valence-electron chi connectivity index (χ4n) is 2.28. The topological polar surface area (TPSA) is 27.8 Å². The third-order valence-electron chi connectivity index (χ3n) is 3.00. The number of benzene rings is 1. The SMILES string of the molecule is Cc1ccc2[nH]c3c(c2c1)CCNC3.Cl. The molecule has 1 aromatic carbocycles. The minimum Gasteiger partial charge on any atom is -0.357 e. The van der Waals surface area contributed by atoms with Crippen molar-refractivity contribution in [3.05, 3.63) is 35.0 Å². The Labute approximate surface area is 95.5 Å². The van der Waals surface area contributed by atoms with E-state index < -0.39 is 0 Å². The number of halogens is 1. The zero-order valence-corrected chi connectivity index (χ0v) is 9.58. The number of aromatic nitrogens is 1. The van der Waals surface area contributed by atoms with Crippen molar-refractivity contribution in [1.82, 2.24) is 10.3 Å². The number of hydrogen-bond acceptors (Lipinski definition) is 1. The molecule has 3 rings (SSSR count). The van der Waals surface area contributed by atoms with Crippen molar-refractivity contribution in [3.63, 3.8) is 0 Å². The molecule has 0 bridgehead atoms. The smallest absolute Gasteiger partial charge is 0.0459 e. The summed E-state index contributed by atoms with van der Waals surface area (Å²) in [6.45, 7) is 4.25. The molecule has 15 heavy (non-hydrogen) atoms. The first-order chi connectivity index (χ1) is 6.84. The second-order valence-electron chi connectivity index (χ2n) is 4.06. The molecule has 0 amide bonds. The van der Waals surface area contributed by atoms with Gasteiger partial charge in [-0.1, -0.05) is 11.6 Å². The standard InChI is InChI=1S/C12H14N2.ClH/c1-8-2-3-11-10(6-8)9-4-5-13-7-12(9)14-11;/h2-3,6,13-14H,4-5,7H2,1H3;1H. The number of nitrogens with one attached hydrogen (secondary N) is 2. The predicted octanol–water partition coefficient (Wildman–Crippen LogP) is 2.54. The molecule has 0 unspecified atom stereocenters. The summed E-state index contributed by atoms with van der Waals surface area (Å²) in [6.07, 6.45) is 1.15. The second-order valence-corrected chi connectivity index (χ2v) is 4.06. The molecule has 0 spiro atoms. The molecule has 2 aromatic rings. The lowest BCUT2D eigenvalue weighted by molar-refractivity contribution is 0.637. The number of aryl methyl sites for hydroxylation is 1. The van der Waals surface area contributed by atoms with Gasteiger partial charge < -0.3 is 10.3 Å². The van der Waals surface area contributed by atoms with Crippen molar-refractivity contribution < 1.29 is 0 Å². The van der Waals surface area contributed by atoms with Crippen LogP contribution in [0.2, 0.25) is 0 Å². The van der Waals surface area contributed by atoms with Crippen LogP contribution >= 0.6 is 12.4 Å². The van der Waals surface area contributed by atoms with Crippen LogP contribution in [0, 0.1) is 6.92 Å². The highest BCUT2D eigenvalue weighted by atomic mass is 35.5. The molecular weight excluding hydrogens is 208 g/mol. The Morgan fingerprint density at radius 3 is 3.00 bits per heavy atom. The second kappa shape index (κ2) is 3.87. The first kappa shape index (κ1) is 10.5. The number of rotatable bonds is 0. The van der Waals surface area contributed by atoms with E-state index in [0.717, 1.165) is 19.5 Å². The van der Waals surface area contributed by atoms with Gasteiger partial charge in [-0.2, -0.15) is 0 Å². The quantitative estimate of drug-likeness (QED) is 0.705. The summed E-state index contributed by atoms with van der Waals surface area (Å²) >= 11 is 0. The lowest BCUT2D eigenvalue weighted by Crippen LogP contribution is -2.22. The highest BCUT2D eigenvalue weighted by Gasteiger charge is 2.14. The molecule has 1 aliphatic heterocycles. The summed E-state index contributed by atoms with van der Waals surface area (Å²) in [7, 11) is 0. The van der Waals surface area contributed by atoms with E-state index in [1.54, 1.807) is 0 Å². The fourth-order valence-corrected chi connectivity index (χ4v) is 2.28. The van der Waals surface area contributed by atoms with Crippen molar-refractivity contribution in [2.75, 3.05) is 6.54 Å². The van der Waals surface area contributed by atoms with E-state index in [2.05, 4.69) is 35.4 Å². The normalized spacial score (nSPS) is 14.7. The zero-order chi connectivity index (χ0) is 9.54. The third-order valence-corrected chi connectivity index (χ3v) is 3.00. The van der Waals surface area contributed by atoms with Gasteiger partial charge in [0.15, 0.2) is 0 Å². The maximum Gasteiger partial charge on any atom is 0.0459 e. The van der Waals surface area contributed by atoms with Crippen LogP contribution in [0.5, 0.6) is 0 Å². The predicted molar refractivity (Wildman–Crippen MR) is 65.7 cm³/mol. The molecule has 2 heterocycles. The minimum atomic E-state index is 0. The number of fused-ring (bicyclic) bond motifs is 3. The molecule has 0 atom stereocenters. The first-order valence-electron chi connectivity index (χ1n) is 5.15. The molecule has 0 aliphatic carbocycles. The van der Waals surface area contributed by atoms with E-state index in [-0.39, 0.29) is 12.4 Å². The summed E-state index contributed by atoms with van der Waals surface area (Å²) < 4.78 is 0. The molecule has 80 valence electrons. The van der Waals surface area contributed by atoms with Gasteiger partial charge in [-0.15, -0.1) is 12.4 Å². The molecule has 1 aliphatic rings. The molecule has 0 radical (unpaired) electrons. The zero-order valence-electron chi connectivity index (χ0n) is 8.76. The van der Waals surface area contributed by atoms with Crippen LogP contribution in [0.1, 0.15) is 16.8 Å². The van der Waals surface area contributed by atoms with Gasteiger partial charge in [0, 0.05) is 23.1 Å². The van der Waals surface area contributed by atoms with E-state index in [9.17, 15) is 0 Å². The Balaban J connectivity index is 0.000000853. The first-order valence-corrected chi connectivity index (χ1v) is 5.15. The van der Waals surface area contributed by atoms with Crippen molar-refractivity contribution in [3.8, 4) is 0 Å². The summed E-state index contributed by atoms with van der Waals surface area (Å²) in [5.74, 6) is 0. The Kier molecular flexibility index (Phi) is 2.72. The van der Waals surface area contributed by atoms with Crippen LogP contribution in [-0.4, -0.2) is 11.5 Å². The van der Waals surface area contributed by atoms with E-state index in [1.165, 1.54) is 27.7 Å². The Hall–Kier alpha value is -0.990. The molecule has 3 heteroatoms. The molecule has 2 N–H and O–H groups in total. The maximum atomic E-state index is 3.48. The van der Waals surface area contributed by atoms with E-state index in [1.807, 2.05) is 0 Å². The van der Waals surface area contributed by atoms with Gasteiger partial charge in [0.2, 0.25) is 0 Å². The summed E-state index contributed by atoms with van der Waals surface area (Å²) in [5.41, 5.74) is 5.52. The molecule has 0 fully saturated rings. The molecule has 1 aromatic heterocycles. The van der Waals surface area contributed by atoms with E-state index in [4.69, 9.17) is 0 Å². The third kappa shape index (κ3) is 1.64. The van der Waals surface area contributed by atoms with Crippen molar-refractivity contribution in [2.45, 2.75) is 19.9 Å². The largest absolute Gasteiger partial charge is 0.357 e. The monoisotopic (exact) mass is 222 g/mol. The average Bonchev–Trinajstić information content (AvgIpc) is 2.56. The highest BCUT2D eigenvalue weighted by Crippen LogP contribution is 2.25. The summed E-state index contributed by atoms with van der Waals surface area (Å²) in [6, 6.07) is 6.64. The Morgan fingerprint density at radius 2 is 2.13 bits per heavy atom. The lowest BCUT2D eigenvalue weighted by atomic mass is 10.0. The van der Waals surface area contributed by atoms with Crippen LogP contribution in [0.25, 0.3) is 10.9 Å². The summed E-state index contributed by atoms with van der Waals surface area (Å²) in [5, 5.41) is 4.80. The molecule has 2 nitrogen and oxygen atoms in total. The van der Waals surface area contributed by atoms with Gasteiger partial charge in [-0.25, -0.2) is 0 Å². The van der Waals surface area contributed by atoms with Gasteiger partial charge in [0.1, 0.15) is 0 Å². The van der Waals surface area contributed by atoms with Crippen molar-refractivity contribution >= 4 is 23.3 Å². The molecule has 0 saturated carbocycles. The number of aromatic amines is 1. The maximum absolute atomic E-state index is 3.48. The number of hydrogen-bond donors (Lipinski definition) is 2. The van der Waals surface area contributed by atoms with Gasteiger partial charge >= 0.3 is 0 Å². The van der Waals surface area contributed by atoms with Crippen LogP contribution < -0.4 is 5.32 Å². The average molecular weight is 223 g/mol. The Bertz CT molecular complexity index is 488. The van der Waals surface area contributed by atoms with Crippen LogP contribution in [0.15, 0.2) is 18.2 Å². The summed E-state index contributed by atoms with van der Waals surface area (Å²) in [4.78, 5) is 3.48. The molecule has 0 saturated heterocycles. The van der Waals surface area contributed by atoms with Gasteiger partial charge in [-0.3, -0.25) is 0 Å². The van der Waals surface area contributed by atoms with Crippen LogP contribution in [0.3, 0.4) is 0 Å². The van der Waals surface area contributed by atoms with Gasteiger partial charge in [0.25, 0.3) is 0 Å². The lowest BCUT2D eigenvalue weighted by Gasteiger charge is -2.12. The van der Waals surface area contributed by atoms with Crippen molar-refractivity contribution in [1.29, 1.82) is 0 Å². The van der Waals surface area contributed by atoms with Gasteiger partial charge in [0.05, 0.1) is 0 Å². The minimum absolute atomic E-state index is 0. The van der Waals surface area contributed by atoms with Crippen molar-refractivity contribution in [2.24, 2.45) is 0 Å². The van der Waals surface area contributed by atoms with Crippen LogP contribution in [-0.2, 0) is 13.0 Å². The van der Waals surface area contributed by atoms with Crippen LogP contribution in [0.4, 0.5) is 0 Å². The van der Waals surface area contributed by atoms with E-state index >= 15 is 0 Å². The highest BCUT2D eigenvalue weighted by molar-refractivity contribution is 5.86. The molecular formula is C12H15ClN2. The number of H-pyrrole nitrogens is 1. The van der Waals surface area contributed by atoms with E-state index in [0.29, 0.717) is 0 Å². The van der Waals surface area contributed by atoms with Gasteiger partial charge in [-0.05, 0) is 37.6 Å². The Morgan fingerprint density at radius 1 is 1.27 bits per heavy atom.